The summed E-state index contributed by atoms with van der Waals surface area (Å²) in [6.45, 7) is 1.86. The van der Waals surface area contributed by atoms with Gasteiger partial charge in [-0.1, -0.05) is 22.0 Å². The second kappa shape index (κ2) is 6.02. The van der Waals surface area contributed by atoms with Crippen molar-refractivity contribution in [1.82, 2.24) is 4.90 Å². The predicted molar refractivity (Wildman–Crippen MR) is 74.7 cm³/mol. The minimum atomic E-state index is -0.285. The smallest absolute Gasteiger partial charge is 0.165 e. The van der Waals surface area contributed by atoms with Crippen LogP contribution in [0.5, 0.6) is 5.75 Å². The van der Waals surface area contributed by atoms with E-state index in [4.69, 9.17) is 4.74 Å². The number of methoxy groups -OCH3 is 1. The second-order valence-electron chi connectivity index (χ2n) is 5.10. The number of alkyl halides is 1. The van der Waals surface area contributed by atoms with Crippen LogP contribution in [-0.2, 0) is 6.54 Å². The zero-order valence-electron chi connectivity index (χ0n) is 10.8. The molecule has 0 unspecified atom stereocenters. The first-order valence-electron chi connectivity index (χ1n) is 6.23. The Morgan fingerprint density at radius 2 is 2.17 bits per heavy atom. The maximum atomic E-state index is 13.5. The lowest BCUT2D eigenvalue weighted by Crippen LogP contribution is -2.34. The molecule has 1 aromatic carbocycles. The first kappa shape index (κ1) is 13.8. The number of nitrogens with zero attached hydrogens (tertiary/aromatic N) is 1. The Labute approximate surface area is 116 Å². The van der Waals surface area contributed by atoms with Gasteiger partial charge in [0.15, 0.2) is 11.6 Å². The molecule has 1 aliphatic rings. The van der Waals surface area contributed by atoms with Gasteiger partial charge in [0.25, 0.3) is 0 Å². The topological polar surface area (TPSA) is 12.5 Å². The van der Waals surface area contributed by atoms with Crippen molar-refractivity contribution in [2.45, 2.75) is 24.2 Å². The van der Waals surface area contributed by atoms with Crippen LogP contribution in [0.25, 0.3) is 0 Å². The van der Waals surface area contributed by atoms with Crippen molar-refractivity contribution in [2.24, 2.45) is 5.92 Å². The fourth-order valence-corrected chi connectivity index (χ4v) is 3.49. The predicted octanol–water partition coefficient (Wildman–Crippen LogP) is 3.44. The Morgan fingerprint density at radius 3 is 2.72 bits per heavy atom. The lowest BCUT2D eigenvalue weighted by atomic mass is 9.85. The number of hydrogen-bond donors (Lipinski definition) is 0. The fraction of sp³-hybridized carbons (Fsp3) is 0.571. The lowest BCUT2D eigenvalue weighted by molar-refractivity contribution is 0.208. The van der Waals surface area contributed by atoms with Gasteiger partial charge in [0, 0.05) is 17.9 Å². The van der Waals surface area contributed by atoms with Crippen molar-refractivity contribution in [3.63, 3.8) is 0 Å². The van der Waals surface area contributed by atoms with Gasteiger partial charge in [-0.25, -0.2) is 4.39 Å². The van der Waals surface area contributed by atoms with Gasteiger partial charge in [-0.15, -0.1) is 0 Å². The Hall–Kier alpha value is -0.610. The highest BCUT2D eigenvalue weighted by Gasteiger charge is 2.27. The number of benzene rings is 1. The summed E-state index contributed by atoms with van der Waals surface area (Å²) in [6, 6.07) is 5.17. The van der Waals surface area contributed by atoms with Gasteiger partial charge < -0.3 is 9.64 Å². The van der Waals surface area contributed by atoms with Gasteiger partial charge in [0.2, 0.25) is 0 Å². The highest BCUT2D eigenvalue weighted by Crippen LogP contribution is 2.33. The average Bonchev–Trinajstić information content (AvgIpc) is 2.27. The van der Waals surface area contributed by atoms with Gasteiger partial charge in [-0.3, -0.25) is 0 Å². The molecule has 0 aromatic heterocycles. The van der Waals surface area contributed by atoms with Gasteiger partial charge in [0.1, 0.15) is 0 Å². The molecule has 18 heavy (non-hydrogen) atoms. The molecule has 1 saturated carbocycles. The van der Waals surface area contributed by atoms with Crippen LogP contribution in [0.15, 0.2) is 18.2 Å². The number of halogens is 2. The monoisotopic (exact) mass is 315 g/mol. The summed E-state index contributed by atoms with van der Waals surface area (Å²) < 4.78 is 18.5. The van der Waals surface area contributed by atoms with E-state index in [1.54, 1.807) is 12.1 Å². The van der Waals surface area contributed by atoms with Gasteiger partial charge in [0.05, 0.1) is 7.11 Å². The Kier molecular flexibility index (Phi) is 4.62. The zero-order valence-corrected chi connectivity index (χ0v) is 12.4. The summed E-state index contributed by atoms with van der Waals surface area (Å²) >= 11 is 3.60. The van der Waals surface area contributed by atoms with Crippen LogP contribution in [0.3, 0.4) is 0 Å². The van der Waals surface area contributed by atoms with Crippen molar-refractivity contribution in [3.05, 3.63) is 29.6 Å². The summed E-state index contributed by atoms with van der Waals surface area (Å²) in [5, 5.41) is 0. The van der Waals surface area contributed by atoms with Crippen molar-refractivity contribution < 1.29 is 9.13 Å². The van der Waals surface area contributed by atoms with E-state index in [1.807, 2.05) is 6.07 Å². The van der Waals surface area contributed by atoms with E-state index in [1.165, 1.54) is 20.0 Å². The molecule has 1 aliphatic carbocycles. The number of ether oxygens (including phenoxy) is 1. The molecule has 0 saturated heterocycles. The molecule has 100 valence electrons. The molecule has 0 aliphatic heterocycles. The first-order valence-corrected chi connectivity index (χ1v) is 7.15. The van der Waals surface area contributed by atoms with E-state index in [2.05, 4.69) is 27.9 Å². The van der Waals surface area contributed by atoms with Gasteiger partial charge in [-0.05, 0) is 43.5 Å². The first-order chi connectivity index (χ1) is 8.58. The largest absolute Gasteiger partial charge is 0.494 e. The standard InChI is InChI=1S/C14H19BrFNO/c1-17(9-11-5-12(15)6-11)8-10-3-4-14(18-2)13(16)7-10/h3-4,7,11-12H,5-6,8-9H2,1-2H3. The summed E-state index contributed by atoms with van der Waals surface area (Å²) in [6.07, 6.45) is 2.50. The third-order valence-electron chi connectivity index (χ3n) is 3.42. The molecule has 0 heterocycles. The third kappa shape index (κ3) is 3.45. The maximum Gasteiger partial charge on any atom is 0.165 e. The molecule has 2 rings (SSSR count). The molecule has 0 bridgehead atoms. The van der Waals surface area contributed by atoms with Crippen LogP contribution < -0.4 is 4.74 Å². The molecule has 0 radical (unpaired) electrons. The van der Waals surface area contributed by atoms with Crippen LogP contribution in [0.1, 0.15) is 18.4 Å². The van der Waals surface area contributed by atoms with Gasteiger partial charge >= 0.3 is 0 Å². The maximum absolute atomic E-state index is 13.5. The van der Waals surface area contributed by atoms with Crippen molar-refractivity contribution >= 4 is 15.9 Å². The second-order valence-corrected chi connectivity index (χ2v) is 6.40. The molecule has 2 nitrogen and oxygen atoms in total. The van der Waals surface area contributed by atoms with E-state index < -0.39 is 0 Å². The molecule has 0 N–H and O–H groups in total. The molecule has 0 atom stereocenters. The van der Waals surface area contributed by atoms with E-state index in [-0.39, 0.29) is 5.82 Å². The van der Waals surface area contributed by atoms with Crippen LogP contribution >= 0.6 is 15.9 Å². The Bertz CT molecular complexity index is 407. The van der Waals surface area contributed by atoms with E-state index in [0.29, 0.717) is 10.6 Å². The van der Waals surface area contributed by atoms with Crippen LogP contribution in [0, 0.1) is 11.7 Å². The van der Waals surface area contributed by atoms with E-state index in [0.717, 1.165) is 24.6 Å². The molecule has 1 aromatic rings. The van der Waals surface area contributed by atoms with E-state index >= 15 is 0 Å². The molecular weight excluding hydrogens is 297 g/mol. The normalized spacial score (nSPS) is 22.9. The summed E-state index contributed by atoms with van der Waals surface area (Å²) in [5.41, 5.74) is 0.991. The number of rotatable bonds is 5. The highest BCUT2D eigenvalue weighted by molar-refractivity contribution is 9.09. The molecule has 4 heteroatoms. The SMILES string of the molecule is COc1ccc(CN(C)CC2CC(Br)C2)cc1F. The molecule has 0 spiro atoms. The molecule has 0 amide bonds. The van der Waals surface area contributed by atoms with E-state index in [9.17, 15) is 4.39 Å². The van der Waals surface area contributed by atoms with Crippen LogP contribution in [0.4, 0.5) is 4.39 Å². The molecular formula is C14H19BrFNO. The van der Waals surface area contributed by atoms with Gasteiger partial charge in [-0.2, -0.15) is 0 Å². The van der Waals surface area contributed by atoms with Crippen LogP contribution in [-0.4, -0.2) is 30.4 Å². The number of hydrogen-bond acceptors (Lipinski definition) is 2. The lowest BCUT2D eigenvalue weighted by Gasteiger charge is -2.34. The Balaban J connectivity index is 1.86. The van der Waals surface area contributed by atoms with Crippen molar-refractivity contribution in [3.8, 4) is 5.75 Å². The van der Waals surface area contributed by atoms with Crippen molar-refractivity contribution in [1.29, 1.82) is 0 Å². The molecule has 1 fully saturated rings. The highest BCUT2D eigenvalue weighted by atomic mass is 79.9. The average molecular weight is 316 g/mol. The zero-order chi connectivity index (χ0) is 13.1. The Morgan fingerprint density at radius 1 is 1.44 bits per heavy atom. The summed E-state index contributed by atoms with van der Waals surface area (Å²) in [5.74, 6) is 0.803. The summed E-state index contributed by atoms with van der Waals surface area (Å²) in [4.78, 5) is 2.96. The quantitative estimate of drug-likeness (QED) is 0.772. The minimum Gasteiger partial charge on any atom is -0.494 e. The van der Waals surface area contributed by atoms with Crippen LogP contribution in [0.2, 0.25) is 0 Å². The van der Waals surface area contributed by atoms with Crippen molar-refractivity contribution in [2.75, 3.05) is 20.7 Å². The summed E-state index contributed by atoms with van der Waals surface area (Å²) in [7, 11) is 3.57. The third-order valence-corrected chi connectivity index (χ3v) is 4.16. The minimum absolute atomic E-state index is 0.285. The fourth-order valence-electron chi connectivity index (χ4n) is 2.43.